The minimum Gasteiger partial charge on any atom is -0.384 e. The third-order valence-electron chi connectivity index (χ3n) is 3.77. The van der Waals surface area contributed by atoms with Crippen molar-refractivity contribution >= 4 is 10.0 Å². The lowest BCUT2D eigenvalue weighted by Crippen LogP contribution is -2.39. The Morgan fingerprint density at radius 2 is 1.77 bits per heavy atom. The van der Waals surface area contributed by atoms with Crippen molar-refractivity contribution in [3.8, 4) is 0 Å². The molecule has 0 aliphatic carbocycles. The number of ether oxygens (including phenoxy) is 1. The van der Waals surface area contributed by atoms with Crippen molar-refractivity contribution < 1.29 is 13.2 Å². The van der Waals surface area contributed by atoms with Gasteiger partial charge in [0.05, 0.1) is 12.4 Å². The maximum absolute atomic E-state index is 12.0. The molecule has 1 unspecified atom stereocenters. The summed E-state index contributed by atoms with van der Waals surface area (Å²) in [6, 6.07) is 8.30. The fourth-order valence-electron chi connectivity index (χ4n) is 2.38. The van der Waals surface area contributed by atoms with Gasteiger partial charge in [-0.3, -0.25) is 4.90 Å². The standard InChI is InChI=1S/C16H28N2O3S/c1-5-18(6-2)16(15-9-7-14(3)8-10-15)13-17-22(19,20)12-11-21-4/h7-10,16-17H,5-6,11-13H2,1-4H3. The molecule has 1 aromatic carbocycles. The summed E-state index contributed by atoms with van der Waals surface area (Å²) in [5, 5.41) is 0. The van der Waals surface area contributed by atoms with Gasteiger partial charge in [-0.15, -0.1) is 0 Å². The quantitative estimate of drug-likeness (QED) is 0.713. The van der Waals surface area contributed by atoms with Gasteiger partial charge in [-0.2, -0.15) is 0 Å². The minimum atomic E-state index is -3.31. The van der Waals surface area contributed by atoms with E-state index in [-0.39, 0.29) is 18.4 Å². The molecule has 0 aromatic heterocycles. The first-order valence-corrected chi connectivity index (χ1v) is 9.35. The molecule has 22 heavy (non-hydrogen) atoms. The lowest BCUT2D eigenvalue weighted by molar-refractivity contribution is 0.214. The maximum Gasteiger partial charge on any atom is 0.213 e. The number of rotatable bonds is 10. The van der Waals surface area contributed by atoms with Crippen molar-refractivity contribution in [2.45, 2.75) is 26.8 Å². The van der Waals surface area contributed by atoms with Crippen molar-refractivity contribution in [3.63, 3.8) is 0 Å². The van der Waals surface area contributed by atoms with Gasteiger partial charge in [-0.25, -0.2) is 13.1 Å². The summed E-state index contributed by atoms with van der Waals surface area (Å²) in [5.74, 6) is -0.0115. The van der Waals surface area contributed by atoms with Gasteiger partial charge in [0.25, 0.3) is 0 Å². The predicted octanol–water partition coefficient (Wildman–Crippen LogP) is 1.94. The van der Waals surface area contributed by atoms with Crippen LogP contribution in [0.3, 0.4) is 0 Å². The summed E-state index contributed by atoms with van der Waals surface area (Å²) < 4.78 is 31.5. The first kappa shape index (κ1) is 19.1. The third-order valence-corrected chi connectivity index (χ3v) is 5.08. The maximum atomic E-state index is 12.0. The molecule has 0 aliphatic heterocycles. The van der Waals surface area contributed by atoms with E-state index in [0.29, 0.717) is 6.54 Å². The minimum absolute atomic E-state index is 0.0115. The molecule has 0 heterocycles. The van der Waals surface area contributed by atoms with Crippen LogP contribution in [0.25, 0.3) is 0 Å². The molecule has 126 valence electrons. The average molecular weight is 328 g/mol. The van der Waals surface area contributed by atoms with Crippen LogP contribution < -0.4 is 4.72 Å². The number of methoxy groups -OCH3 is 1. The van der Waals surface area contributed by atoms with Crippen molar-refractivity contribution in [2.75, 3.05) is 39.1 Å². The Morgan fingerprint density at radius 1 is 1.18 bits per heavy atom. The van der Waals surface area contributed by atoms with Crippen molar-refractivity contribution in [1.29, 1.82) is 0 Å². The highest BCUT2D eigenvalue weighted by Gasteiger charge is 2.20. The molecule has 0 saturated heterocycles. The summed E-state index contributed by atoms with van der Waals surface area (Å²) in [4.78, 5) is 2.25. The van der Waals surface area contributed by atoms with E-state index in [9.17, 15) is 8.42 Å². The van der Waals surface area contributed by atoms with Crippen LogP contribution in [-0.2, 0) is 14.8 Å². The second-order valence-electron chi connectivity index (χ2n) is 5.31. The van der Waals surface area contributed by atoms with Crippen molar-refractivity contribution in [1.82, 2.24) is 9.62 Å². The normalized spacial score (nSPS) is 13.5. The highest BCUT2D eigenvalue weighted by atomic mass is 32.2. The lowest BCUT2D eigenvalue weighted by atomic mass is 10.0. The molecule has 0 fully saturated rings. The number of hydrogen-bond acceptors (Lipinski definition) is 4. The molecule has 0 radical (unpaired) electrons. The molecule has 0 saturated carbocycles. The Kier molecular flexibility index (Phi) is 8.03. The Labute approximate surface area is 134 Å². The molecule has 1 aromatic rings. The fourth-order valence-corrected chi connectivity index (χ4v) is 3.32. The number of likely N-dealkylation sites (N-methyl/N-ethyl adjacent to an activating group) is 1. The molecule has 6 heteroatoms. The van der Waals surface area contributed by atoms with Crippen LogP contribution in [0.2, 0.25) is 0 Å². The van der Waals surface area contributed by atoms with Gasteiger partial charge in [0, 0.05) is 19.7 Å². The van der Waals surface area contributed by atoms with Crippen molar-refractivity contribution in [2.24, 2.45) is 0 Å². The molecule has 1 atom stereocenters. The fraction of sp³-hybridized carbons (Fsp3) is 0.625. The number of nitrogens with zero attached hydrogens (tertiary/aromatic N) is 1. The molecule has 0 amide bonds. The van der Waals surface area contributed by atoms with Gasteiger partial charge in [0.15, 0.2) is 0 Å². The first-order valence-electron chi connectivity index (χ1n) is 7.70. The molecule has 0 spiro atoms. The first-order chi connectivity index (χ1) is 10.4. The van der Waals surface area contributed by atoms with Gasteiger partial charge < -0.3 is 4.74 Å². The Morgan fingerprint density at radius 3 is 2.27 bits per heavy atom. The van der Waals surface area contributed by atoms with E-state index in [2.05, 4.69) is 47.7 Å². The summed E-state index contributed by atoms with van der Waals surface area (Å²) >= 11 is 0. The largest absolute Gasteiger partial charge is 0.384 e. The lowest BCUT2D eigenvalue weighted by Gasteiger charge is -2.30. The molecular weight excluding hydrogens is 300 g/mol. The number of sulfonamides is 1. The Balaban J connectivity index is 2.85. The summed E-state index contributed by atoms with van der Waals surface area (Å²) in [6.45, 7) is 8.54. The summed E-state index contributed by atoms with van der Waals surface area (Å²) in [6.07, 6.45) is 0. The summed E-state index contributed by atoms with van der Waals surface area (Å²) in [7, 11) is -1.81. The van der Waals surface area contributed by atoms with E-state index in [4.69, 9.17) is 4.74 Å². The number of aryl methyl sites for hydroxylation is 1. The number of benzene rings is 1. The topological polar surface area (TPSA) is 58.6 Å². The monoisotopic (exact) mass is 328 g/mol. The smallest absolute Gasteiger partial charge is 0.213 e. The van der Waals surface area contributed by atoms with E-state index >= 15 is 0 Å². The summed E-state index contributed by atoms with van der Waals surface area (Å²) in [5.41, 5.74) is 2.33. The zero-order valence-electron chi connectivity index (χ0n) is 14.0. The highest BCUT2D eigenvalue weighted by molar-refractivity contribution is 7.89. The van der Waals surface area contributed by atoms with Crippen LogP contribution in [0, 0.1) is 6.92 Å². The van der Waals surface area contributed by atoms with Gasteiger partial charge in [-0.05, 0) is 25.6 Å². The molecular formula is C16H28N2O3S. The van der Waals surface area contributed by atoms with Crippen LogP contribution in [0.4, 0.5) is 0 Å². The second-order valence-corrected chi connectivity index (χ2v) is 7.23. The van der Waals surface area contributed by atoms with E-state index in [1.807, 2.05) is 6.92 Å². The Hall–Kier alpha value is -0.950. The second kappa shape index (κ2) is 9.25. The van der Waals surface area contributed by atoms with E-state index in [1.165, 1.54) is 12.7 Å². The van der Waals surface area contributed by atoms with E-state index < -0.39 is 10.0 Å². The van der Waals surface area contributed by atoms with Crippen LogP contribution in [0.5, 0.6) is 0 Å². The molecule has 1 rings (SSSR count). The van der Waals surface area contributed by atoms with Crippen LogP contribution in [-0.4, -0.2) is 52.4 Å². The van der Waals surface area contributed by atoms with Gasteiger partial charge in [0.2, 0.25) is 10.0 Å². The van der Waals surface area contributed by atoms with E-state index in [0.717, 1.165) is 18.7 Å². The number of hydrogen-bond donors (Lipinski definition) is 1. The van der Waals surface area contributed by atoms with E-state index in [1.54, 1.807) is 0 Å². The molecule has 0 aliphatic rings. The highest BCUT2D eigenvalue weighted by Crippen LogP contribution is 2.20. The molecule has 0 bridgehead atoms. The molecule has 1 N–H and O–H groups in total. The SMILES string of the molecule is CCN(CC)C(CNS(=O)(=O)CCOC)c1ccc(C)cc1. The predicted molar refractivity (Wildman–Crippen MR) is 90.5 cm³/mol. The molecule has 5 nitrogen and oxygen atoms in total. The zero-order valence-corrected chi connectivity index (χ0v) is 14.8. The van der Waals surface area contributed by atoms with Gasteiger partial charge in [0.1, 0.15) is 0 Å². The van der Waals surface area contributed by atoms with Crippen LogP contribution in [0.1, 0.15) is 31.0 Å². The van der Waals surface area contributed by atoms with Gasteiger partial charge >= 0.3 is 0 Å². The third kappa shape index (κ3) is 6.04. The van der Waals surface area contributed by atoms with Crippen LogP contribution >= 0.6 is 0 Å². The average Bonchev–Trinajstić information content (AvgIpc) is 2.50. The number of nitrogens with one attached hydrogen (secondary N) is 1. The zero-order chi connectivity index (χ0) is 16.6. The van der Waals surface area contributed by atoms with Gasteiger partial charge in [-0.1, -0.05) is 43.7 Å². The van der Waals surface area contributed by atoms with Crippen molar-refractivity contribution in [3.05, 3.63) is 35.4 Å². The van der Waals surface area contributed by atoms with Crippen LogP contribution in [0.15, 0.2) is 24.3 Å². The Bertz CT molecular complexity index is 525.